The quantitative estimate of drug-likeness (QED) is 0.0678. The fourth-order valence-electron chi connectivity index (χ4n) is 13.2. The summed E-state index contributed by atoms with van der Waals surface area (Å²) in [6.45, 7) is 20.8. The number of aryl methyl sites for hydroxylation is 12. The van der Waals surface area contributed by atoms with Crippen LogP contribution in [0.5, 0.6) is 34.5 Å². The van der Waals surface area contributed by atoms with Crippen molar-refractivity contribution in [3.8, 4) is 56.8 Å². The Kier molecular flexibility index (Phi) is 18.9. The highest BCUT2D eigenvalue weighted by atomic mass is 16.5. The molecule has 530 valence electrons. The first-order valence-corrected chi connectivity index (χ1v) is 34.1. The third kappa shape index (κ3) is 14.3. The predicted molar refractivity (Wildman–Crippen MR) is 413 cm³/mol. The molecule has 8 heterocycles. The van der Waals surface area contributed by atoms with Crippen LogP contribution in [0.3, 0.4) is 0 Å². The third-order valence-electron chi connectivity index (χ3n) is 18.9. The van der Waals surface area contributed by atoms with E-state index in [9.17, 15) is 29.4 Å². The summed E-state index contributed by atoms with van der Waals surface area (Å²) < 4.78 is 13.4. The highest BCUT2D eigenvalue weighted by Gasteiger charge is 2.30. The number of aromatic hydroxyl groups is 2. The van der Waals surface area contributed by atoms with E-state index < -0.39 is 58.8 Å². The largest absolute Gasteiger partial charge is 0.506 e. The van der Waals surface area contributed by atoms with Crippen molar-refractivity contribution in [2.24, 2.45) is 0 Å². The summed E-state index contributed by atoms with van der Waals surface area (Å²) in [5, 5.41) is 47.3. The first kappa shape index (κ1) is 70.8. The average Bonchev–Trinajstić information content (AvgIpc) is 0.797. The predicted octanol–water partition coefficient (Wildman–Crippen LogP) is 18.4. The number of carbonyl (C=O) groups is 8. The molecule has 0 radical (unpaired) electrons. The fraction of sp³-hybridized carbons (Fsp3) is 0.140. The number of ether oxygens (including phenoxy) is 2. The number of carbonyl (C=O) groups excluding carboxylic acids is 8. The average molecular weight is 1410 g/mol. The van der Waals surface area contributed by atoms with E-state index in [0.717, 1.165) is 22.3 Å². The van der Waals surface area contributed by atoms with Gasteiger partial charge in [0.15, 0.2) is 11.5 Å². The smallest absolute Gasteiger partial charge is 0.259 e. The molecule has 0 aliphatic carbocycles. The lowest BCUT2D eigenvalue weighted by molar-refractivity contribution is 0.100. The van der Waals surface area contributed by atoms with Crippen LogP contribution in [0.1, 0.15) is 150 Å². The SMILES string of the molecule is Cc1cc2c(O)c(c1)C(=O)Nc1cc(c(C)cc1C)NC(=O)c1cc(C)cc3c1Oc1ccc(cc1)-c1ccc(cc1)-c1ccc(cc1)Oc1c(cc(C)cc1C(=O)Nc1cc(c(C)cc1C)NC(=O)c1cc(C)cc(c1O)C(=O)Nc1cc(c(C)cc1C)NC3=O)C(=O)Nc1cc(c(C)cc1C)NC2=O. The molecule has 0 aromatic heterocycles. The zero-order valence-corrected chi connectivity index (χ0v) is 60.1. The number of benzene rings is 11. The van der Waals surface area contributed by atoms with E-state index in [1.807, 2.05) is 48.5 Å². The number of amides is 8. The second kappa shape index (κ2) is 28.3. The van der Waals surface area contributed by atoms with Gasteiger partial charge in [-0.05, 0) is 269 Å². The second-order valence-corrected chi connectivity index (χ2v) is 27.2. The summed E-state index contributed by atoms with van der Waals surface area (Å²) >= 11 is 0. The maximum Gasteiger partial charge on any atom is 0.259 e. The van der Waals surface area contributed by atoms with Gasteiger partial charge in [-0.2, -0.15) is 0 Å². The van der Waals surface area contributed by atoms with Crippen molar-refractivity contribution in [2.45, 2.75) is 83.1 Å². The lowest BCUT2D eigenvalue weighted by Crippen LogP contribution is -2.20. The molecule has 0 spiro atoms. The Labute approximate surface area is 611 Å². The van der Waals surface area contributed by atoms with E-state index in [0.29, 0.717) is 66.8 Å². The Morgan fingerprint density at radius 3 is 0.566 bits per heavy atom. The van der Waals surface area contributed by atoms with Crippen LogP contribution in [0, 0.1) is 83.1 Å². The zero-order valence-electron chi connectivity index (χ0n) is 60.1. The van der Waals surface area contributed by atoms with Gasteiger partial charge in [0.05, 0.1) is 44.5 Å². The van der Waals surface area contributed by atoms with Gasteiger partial charge in [0.1, 0.15) is 23.0 Å². The van der Waals surface area contributed by atoms with Gasteiger partial charge in [-0.1, -0.05) is 72.8 Å². The summed E-state index contributed by atoms with van der Waals surface area (Å²) in [5.74, 6) is -6.93. The van der Waals surface area contributed by atoms with Gasteiger partial charge in [-0.25, -0.2) is 0 Å². The molecule has 19 rings (SSSR count). The molecule has 20 nitrogen and oxygen atoms in total. The number of nitrogens with one attached hydrogen (secondary N) is 8. The van der Waals surface area contributed by atoms with E-state index in [-0.39, 0.29) is 113 Å². The monoisotopic (exact) mass is 1410 g/mol. The van der Waals surface area contributed by atoms with Crippen LogP contribution in [-0.2, 0) is 0 Å². The Hall–Kier alpha value is -13.6. The maximum atomic E-state index is 15.2. The molecule has 8 amide bonds. The highest BCUT2D eigenvalue weighted by Crippen LogP contribution is 2.41. The Morgan fingerprint density at radius 2 is 0.377 bits per heavy atom. The molecule has 0 fully saturated rings. The minimum Gasteiger partial charge on any atom is -0.506 e. The van der Waals surface area contributed by atoms with Crippen molar-refractivity contribution >= 4 is 92.8 Å². The molecule has 106 heavy (non-hydrogen) atoms. The van der Waals surface area contributed by atoms with Crippen molar-refractivity contribution in [1.82, 2.24) is 0 Å². The number of anilines is 8. The number of hydrogen-bond donors (Lipinski definition) is 10. The minimum atomic E-state index is -0.786. The first-order valence-electron chi connectivity index (χ1n) is 34.1. The van der Waals surface area contributed by atoms with Crippen molar-refractivity contribution in [3.63, 3.8) is 0 Å². The van der Waals surface area contributed by atoms with Gasteiger partial charge in [-0.3, -0.25) is 38.4 Å². The zero-order chi connectivity index (χ0) is 75.4. The molecular weight excluding hydrogens is 1340 g/mol. The van der Waals surface area contributed by atoms with E-state index in [1.165, 1.54) is 24.3 Å². The molecule has 20 heteroatoms. The molecule has 8 aliphatic heterocycles. The van der Waals surface area contributed by atoms with Gasteiger partial charge in [0, 0.05) is 45.5 Å². The lowest BCUT2D eigenvalue weighted by Gasteiger charge is -2.20. The molecule has 0 saturated carbocycles. The van der Waals surface area contributed by atoms with Gasteiger partial charge in [0.2, 0.25) is 0 Å². The molecule has 8 aliphatic rings. The lowest BCUT2D eigenvalue weighted by atomic mass is 10.00. The summed E-state index contributed by atoms with van der Waals surface area (Å²) in [6, 6.07) is 47.4. The molecule has 0 atom stereocenters. The molecular formula is C86H74N8O12. The molecule has 0 saturated heterocycles. The van der Waals surface area contributed by atoms with Gasteiger partial charge < -0.3 is 62.2 Å². The molecule has 11 aromatic rings. The van der Waals surface area contributed by atoms with Crippen LogP contribution in [0.4, 0.5) is 45.5 Å². The van der Waals surface area contributed by atoms with E-state index >= 15 is 19.2 Å². The summed E-state index contributed by atoms with van der Waals surface area (Å²) in [4.78, 5) is 119. The van der Waals surface area contributed by atoms with E-state index in [2.05, 4.69) is 42.5 Å². The van der Waals surface area contributed by atoms with Gasteiger partial charge in [0.25, 0.3) is 47.3 Å². The molecule has 20 bridgehead atoms. The van der Waals surface area contributed by atoms with Crippen molar-refractivity contribution in [3.05, 3.63) is 281 Å². The normalized spacial score (nSPS) is 13.3. The van der Waals surface area contributed by atoms with Crippen LogP contribution >= 0.6 is 0 Å². The summed E-state index contributed by atoms with van der Waals surface area (Å²) in [7, 11) is 0. The van der Waals surface area contributed by atoms with Crippen LogP contribution in [0.2, 0.25) is 0 Å². The number of phenolic OH excluding ortho intramolecular Hbond substituents is 2. The number of rotatable bonds is 0. The van der Waals surface area contributed by atoms with Crippen LogP contribution in [0.15, 0.2) is 170 Å². The summed E-state index contributed by atoms with van der Waals surface area (Å²) in [6.07, 6.45) is 0. The van der Waals surface area contributed by atoms with E-state index in [1.54, 1.807) is 180 Å². The van der Waals surface area contributed by atoms with Crippen LogP contribution in [0.25, 0.3) is 22.3 Å². The van der Waals surface area contributed by atoms with Crippen molar-refractivity contribution < 1.29 is 58.0 Å². The Balaban J connectivity index is 0.995. The molecule has 11 aromatic carbocycles. The Morgan fingerprint density at radius 1 is 0.217 bits per heavy atom. The molecule has 10 N–H and O–H groups in total. The van der Waals surface area contributed by atoms with Crippen molar-refractivity contribution in [2.75, 3.05) is 42.5 Å². The van der Waals surface area contributed by atoms with Crippen LogP contribution < -0.4 is 52.0 Å². The second-order valence-electron chi connectivity index (χ2n) is 27.2. The maximum absolute atomic E-state index is 15.2. The fourth-order valence-corrected chi connectivity index (χ4v) is 13.2. The Bertz CT molecular complexity index is 5020. The topological polar surface area (TPSA) is 292 Å². The van der Waals surface area contributed by atoms with E-state index in [4.69, 9.17) is 9.47 Å². The highest BCUT2D eigenvalue weighted by molar-refractivity contribution is 6.18. The van der Waals surface area contributed by atoms with Gasteiger partial charge >= 0.3 is 0 Å². The first-order chi connectivity index (χ1) is 50.5. The summed E-state index contributed by atoms with van der Waals surface area (Å²) in [5.41, 5.74) is 10.7. The number of phenols is 2. The van der Waals surface area contributed by atoms with Gasteiger partial charge in [-0.15, -0.1) is 0 Å². The third-order valence-corrected chi connectivity index (χ3v) is 18.9. The molecule has 0 unspecified atom stereocenters. The van der Waals surface area contributed by atoms with Crippen molar-refractivity contribution in [1.29, 1.82) is 0 Å². The minimum absolute atomic E-state index is 0.0474. The standard InChI is InChI=1S/C86H74N8O12/c1-41-25-59-75(95)60(26-41)80(98)88-68-38-72(50(10)34-46(68)6)92-84(102)64-30-44(4)32-66-78(64)106-58-23-19-56(20-24-58)54-15-13-53(14-16-54)55-17-21-57(22-18-55)105-77-63(83(101)91-71-37-67(87-79(59)97)45(5)33-49(71)9)29-43(3)31-65(77)85(103)93-73-39-69(47(7)35-51(73)11)89-81(99)61-27-42(2)28-62(76(61)96)82(100)90-70-40-74(94-86(66)104)52(12)36-48(70)8/h13-40,95-96H,1-12H3,(H,87,97)(H,88,98)(H,89,99)(H,90,100)(H,91,101)(H,92,102)(H,93,103)(H,94,104). The van der Waals surface area contributed by atoms with Crippen LogP contribution in [-0.4, -0.2) is 57.5 Å². The number of hydrogen-bond acceptors (Lipinski definition) is 12.